The minimum atomic E-state index is -0.897. The van der Waals surface area contributed by atoms with E-state index in [1.165, 1.54) is 0 Å². The molecule has 4 heteroatoms. The van der Waals surface area contributed by atoms with E-state index < -0.39 is 6.03 Å². The van der Waals surface area contributed by atoms with Crippen LogP contribution in [0.1, 0.15) is 0 Å². The molecule has 0 unspecified atom stereocenters. The molecule has 0 bridgehead atoms. The molecule has 0 saturated heterocycles. The number of nitrogens with two attached hydrogens (primary N) is 1. The number of hydroxylamine groups is 1. The molecule has 0 aliphatic rings. The third-order valence-electron chi connectivity index (χ3n) is 2.20. The molecule has 0 radical (unpaired) electrons. The largest absolute Gasteiger partial charge is 0.349 e. The highest BCUT2D eigenvalue weighted by molar-refractivity contribution is 6.01. The summed E-state index contributed by atoms with van der Waals surface area (Å²) in [7, 11) is 0. The van der Waals surface area contributed by atoms with Crippen LogP contribution in [-0.2, 0) is 0 Å². The van der Waals surface area contributed by atoms with Crippen molar-refractivity contribution >= 4 is 22.5 Å². The molecule has 4 nitrogen and oxygen atoms in total. The Balaban J connectivity index is 2.65. The average Bonchev–Trinajstić information content (AvgIpc) is 2.27. The highest BCUT2D eigenvalue weighted by atomic mass is 16.5. The average molecular weight is 202 g/mol. The molecule has 2 amide bonds. The zero-order valence-electron chi connectivity index (χ0n) is 7.92. The molecule has 0 aliphatic carbocycles. The topological polar surface area (TPSA) is 66.6 Å². The third kappa shape index (κ3) is 1.62. The summed E-state index contributed by atoms with van der Waals surface area (Å²) in [6, 6.07) is 11.8. The molecule has 0 aromatic heterocycles. The van der Waals surface area contributed by atoms with E-state index in [1.807, 2.05) is 30.3 Å². The Morgan fingerprint density at radius 2 is 1.80 bits per heavy atom. The fourth-order valence-corrected chi connectivity index (χ4v) is 1.51. The second-order valence-electron chi connectivity index (χ2n) is 3.15. The third-order valence-corrected chi connectivity index (χ3v) is 2.20. The number of anilines is 1. The van der Waals surface area contributed by atoms with E-state index in [0.717, 1.165) is 10.8 Å². The predicted octanol–water partition coefficient (Wildman–Crippen LogP) is 2.11. The second kappa shape index (κ2) is 3.59. The summed E-state index contributed by atoms with van der Waals surface area (Å²) in [5, 5.41) is 11.6. The smallest absolute Gasteiger partial charge is 0.343 e. The number of hydrogen-bond acceptors (Lipinski definition) is 2. The van der Waals surface area contributed by atoms with Crippen molar-refractivity contribution in [3.63, 3.8) is 0 Å². The second-order valence-corrected chi connectivity index (χ2v) is 3.15. The lowest BCUT2D eigenvalue weighted by atomic mass is 10.1. The van der Waals surface area contributed by atoms with Gasteiger partial charge in [0.05, 0.1) is 5.69 Å². The summed E-state index contributed by atoms with van der Waals surface area (Å²) < 4.78 is 0. The van der Waals surface area contributed by atoms with E-state index in [9.17, 15) is 10.0 Å². The molecule has 0 saturated carbocycles. The maximum atomic E-state index is 10.8. The molecular formula is C11H10N2O2. The van der Waals surface area contributed by atoms with Crippen molar-refractivity contribution in [1.82, 2.24) is 0 Å². The van der Waals surface area contributed by atoms with Crippen molar-refractivity contribution in [3.05, 3.63) is 42.5 Å². The van der Waals surface area contributed by atoms with Crippen LogP contribution in [0, 0.1) is 0 Å². The fourth-order valence-electron chi connectivity index (χ4n) is 1.51. The van der Waals surface area contributed by atoms with Crippen LogP contribution in [0.25, 0.3) is 10.8 Å². The van der Waals surface area contributed by atoms with E-state index in [1.54, 1.807) is 12.1 Å². The van der Waals surface area contributed by atoms with Crippen molar-refractivity contribution in [3.8, 4) is 0 Å². The van der Waals surface area contributed by atoms with Crippen molar-refractivity contribution in [1.29, 1.82) is 0 Å². The Labute approximate surface area is 86.5 Å². The number of urea groups is 1. The summed E-state index contributed by atoms with van der Waals surface area (Å²) >= 11 is 0. The molecule has 0 heterocycles. The number of fused-ring (bicyclic) bond motifs is 1. The summed E-state index contributed by atoms with van der Waals surface area (Å²) in [5.41, 5.74) is 5.39. The number of primary amides is 1. The fraction of sp³-hybridized carbons (Fsp3) is 0. The van der Waals surface area contributed by atoms with Crippen molar-refractivity contribution in [2.24, 2.45) is 5.73 Å². The molecule has 2 rings (SSSR count). The first kappa shape index (κ1) is 9.48. The Morgan fingerprint density at radius 1 is 1.13 bits per heavy atom. The van der Waals surface area contributed by atoms with Gasteiger partial charge in [-0.05, 0) is 11.5 Å². The van der Waals surface area contributed by atoms with Crippen LogP contribution in [0.2, 0.25) is 0 Å². The van der Waals surface area contributed by atoms with Gasteiger partial charge < -0.3 is 5.73 Å². The Hall–Kier alpha value is -2.07. The lowest BCUT2D eigenvalue weighted by Crippen LogP contribution is -2.32. The molecule has 0 aliphatic heterocycles. The number of nitrogens with zero attached hydrogens (tertiary/aromatic N) is 1. The first-order valence-electron chi connectivity index (χ1n) is 4.46. The van der Waals surface area contributed by atoms with Crippen molar-refractivity contribution in [2.75, 3.05) is 5.06 Å². The number of carbonyl (C=O) groups excluding carboxylic acids is 1. The molecule has 76 valence electrons. The first-order valence-corrected chi connectivity index (χ1v) is 4.46. The standard InChI is InChI=1S/C11H10N2O2/c12-11(14)13(15)10-7-3-5-8-4-1-2-6-9(8)10/h1-7,15H,(H2,12,14). The lowest BCUT2D eigenvalue weighted by Gasteiger charge is -2.14. The van der Waals surface area contributed by atoms with Crippen molar-refractivity contribution < 1.29 is 10.0 Å². The molecule has 3 N–H and O–H groups in total. The molecule has 0 atom stereocenters. The molecular weight excluding hydrogens is 192 g/mol. The number of amides is 2. The summed E-state index contributed by atoms with van der Waals surface area (Å²) in [6.45, 7) is 0. The van der Waals surface area contributed by atoms with Gasteiger partial charge in [0.1, 0.15) is 0 Å². The van der Waals surface area contributed by atoms with Gasteiger partial charge in [0.2, 0.25) is 0 Å². The number of benzene rings is 2. The molecule has 15 heavy (non-hydrogen) atoms. The number of carbonyl (C=O) groups is 1. The zero-order valence-corrected chi connectivity index (χ0v) is 7.92. The van der Waals surface area contributed by atoms with Gasteiger partial charge in [-0.1, -0.05) is 36.4 Å². The van der Waals surface area contributed by atoms with E-state index >= 15 is 0 Å². The molecule has 2 aromatic rings. The van der Waals surface area contributed by atoms with Crippen LogP contribution in [0.15, 0.2) is 42.5 Å². The zero-order chi connectivity index (χ0) is 10.8. The van der Waals surface area contributed by atoms with Crippen LogP contribution in [0.3, 0.4) is 0 Å². The molecule has 2 aromatic carbocycles. The van der Waals surface area contributed by atoms with Gasteiger partial charge in [0, 0.05) is 5.39 Å². The highest BCUT2D eigenvalue weighted by Gasteiger charge is 2.11. The van der Waals surface area contributed by atoms with E-state index in [0.29, 0.717) is 10.8 Å². The van der Waals surface area contributed by atoms with Gasteiger partial charge in [-0.2, -0.15) is 5.06 Å². The minimum absolute atomic E-state index is 0.389. The van der Waals surface area contributed by atoms with Gasteiger partial charge >= 0.3 is 6.03 Å². The van der Waals surface area contributed by atoms with Crippen LogP contribution in [-0.4, -0.2) is 11.2 Å². The monoisotopic (exact) mass is 202 g/mol. The quantitative estimate of drug-likeness (QED) is 0.549. The maximum absolute atomic E-state index is 10.8. The minimum Gasteiger partial charge on any atom is -0.349 e. The maximum Gasteiger partial charge on any atom is 0.343 e. The van der Waals surface area contributed by atoms with Gasteiger partial charge in [-0.25, -0.2) is 4.79 Å². The SMILES string of the molecule is NC(=O)N(O)c1cccc2ccccc12. The summed E-state index contributed by atoms with van der Waals surface area (Å²) in [6.07, 6.45) is 0. The normalized spacial score (nSPS) is 10.2. The molecule has 0 spiro atoms. The Bertz CT molecular complexity index is 505. The van der Waals surface area contributed by atoms with E-state index in [4.69, 9.17) is 5.73 Å². The van der Waals surface area contributed by atoms with E-state index in [2.05, 4.69) is 0 Å². The van der Waals surface area contributed by atoms with Crippen LogP contribution in [0.5, 0.6) is 0 Å². The van der Waals surface area contributed by atoms with E-state index in [-0.39, 0.29) is 0 Å². The first-order chi connectivity index (χ1) is 7.20. The Morgan fingerprint density at radius 3 is 2.53 bits per heavy atom. The number of hydrogen-bond donors (Lipinski definition) is 2. The van der Waals surface area contributed by atoms with Crippen LogP contribution >= 0.6 is 0 Å². The lowest BCUT2D eigenvalue weighted by molar-refractivity contribution is 0.213. The van der Waals surface area contributed by atoms with Crippen LogP contribution in [0.4, 0.5) is 10.5 Å². The highest BCUT2D eigenvalue weighted by Crippen LogP contribution is 2.25. The number of rotatable bonds is 1. The van der Waals surface area contributed by atoms with Gasteiger partial charge in [-0.3, -0.25) is 5.21 Å². The van der Waals surface area contributed by atoms with Crippen LogP contribution < -0.4 is 10.8 Å². The van der Waals surface area contributed by atoms with Gasteiger partial charge in [0.25, 0.3) is 0 Å². The summed E-state index contributed by atoms with van der Waals surface area (Å²) in [4.78, 5) is 10.8. The van der Waals surface area contributed by atoms with Gasteiger partial charge in [-0.15, -0.1) is 0 Å². The Kier molecular flexibility index (Phi) is 2.27. The molecule has 0 fully saturated rings. The van der Waals surface area contributed by atoms with Crippen molar-refractivity contribution in [2.45, 2.75) is 0 Å². The predicted molar refractivity (Wildman–Crippen MR) is 57.8 cm³/mol. The summed E-state index contributed by atoms with van der Waals surface area (Å²) in [5.74, 6) is 0. The van der Waals surface area contributed by atoms with Gasteiger partial charge in [0.15, 0.2) is 0 Å².